The second-order valence-electron chi connectivity index (χ2n) is 4.85. The minimum Gasteiger partial charge on any atom is -0.367 e. The van der Waals surface area contributed by atoms with Crippen LogP contribution >= 0.6 is 23.2 Å². The van der Waals surface area contributed by atoms with Gasteiger partial charge in [0.1, 0.15) is 0 Å². The third-order valence-corrected chi connectivity index (χ3v) is 4.67. The van der Waals surface area contributed by atoms with Crippen molar-refractivity contribution in [1.82, 2.24) is 4.90 Å². The maximum atomic E-state index is 6.28. The highest BCUT2D eigenvalue weighted by Crippen LogP contribution is 2.34. The van der Waals surface area contributed by atoms with Crippen LogP contribution in [0.1, 0.15) is 12.8 Å². The van der Waals surface area contributed by atoms with Crippen LogP contribution in [0.2, 0.25) is 10.0 Å². The predicted octanol–water partition coefficient (Wildman–Crippen LogP) is 3.28. The second-order valence-corrected chi connectivity index (χ2v) is 5.64. The Bertz CT molecular complexity index is 422. The Morgan fingerprint density at radius 3 is 2.88 bits per heavy atom. The summed E-state index contributed by atoms with van der Waals surface area (Å²) in [6.45, 7) is 4.55. The predicted molar refractivity (Wildman–Crippen MR) is 73.3 cm³/mol. The molecule has 2 aliphatic rings. The molecule has 0 amide bonds. The first-order chi connectivity index (χ1) is 8.25. The van der Waals surface area contributed by atoms with Crippen molar-refractivity contribution in [2.45, 2.75) is 18.9 Å². The van der Waals surface area contributed by atoms with Gasteiger partial charge in [-0.05, 0) is 31.5 Å². The summed E-state index contributed by atoms with van der Waals surface area (Å²) in [5, 5.41) is 1.35. The van der Waals surface area contributed by atoms with Crippen molar-refractivity contribution in [3.05, 3.63) is 28.2 Å². The van der Waals surface area contributed by atoms with E-state index in [1.54, 1.807) is 0 Å². The number of hydrogen-bond donors (Lipinski definition) is 0. The van der Waals surface area contributed by atoms with E-state index in [-0.39, 0.29) is 0 Å². The van der Waals surface area contributed by atoms with Crippen molar-refractivity contribution in [2.75, 3.05) is 31.1 Å². The zero-order chi connectivity index (χ0) is 11.8. The van der Waals surface area contributed by atoms with Crippen molar-refractivity contribution >= 4 is 28.9 Å². The Balaban J connectivity index is 1.82. The molecular formula is C13H16Cl2N2. The van der Waals surface area contributed by atoms with Gasteiger partial charge in [-0.1, -0.05) is 29.3 Å². The number of piperazine rings is 1. The average Bonchev–Trinajstić information content (AvgIpc) is 2.79. The summed E-state index contributed by atoms with van der Waals surface area (Å²) in [6.07, 6.45) is 2.65. The summed E-state index contributed by atoms with van der Waals surface area (Å²) in [6, 6.07) is 6.60. The molecule has 0 saturated carbocycles. The minimum absolute atomic E-state index is 0.651. The lowest BCUT2D eigenvalue weighted by Gasteiger charge is -2.39. The molecule has 0 spiro atoms. The molecule has 1 atom stereocenters. The van der Waals surface area contributed by atoms with Crippen molar-refractivity contribution in [3.63, 3.8) is 0 Å². The summed E-state index contributed by atoms with van der Waals surface area (Å²) < 4.78 is 0. The largest absolute Gasteiger partial charge is 0.367 e. The van der Waals surface area contributed by atoms with Crippen LogP contribution in [0.15, 0.2) is 18.2 Å². The molecule has 2 fully saturated rings. The van der Waals surface area contributed by atoms with Gasteiger partial charge in [-0.15, -0.1) is 0 Å². The Morgan fingerprint density at radius 1 is 1.12 bits per heavy atom. The Labute approximate surface area is 112 Å². The van der Waals surface area contributed by atoms with Crippen LogP contribution in [0, 0.1) is 0 Å². The minimum atomic E-state index is 0.651. The zero-order valence-electron chi connectivity index (χ0n) is 9.70. The number of halogens is 2. The van der Waals surface area contributed by atoms with Crippen LogP contribution in [-0.2, 0) is 0 Å². The molecule has 3 rings (SSSR count). The van der Waals surface area contributed by atoms with E-state index in [0.717, 1.165) is 25.3 Å². The van der Waals surface area contributed by atoms with Gasteiger partial charge in [-0.3, -0.25) is 4.90 Å². The van der Waals surface area contributed by atoms with Crippen molar-refractivity contribution in [2.24, 2.45) is 0 Å². The Hall–Kier alpha value is -0.440. The fraction of sp³-hybridized carbons (Fsp3) is 0.538. The lowest BCUT2D eigenvalue weighted by molar-refractivity contribution is 0.231. The van der Waals surface area contributed by atoms with E-state index in [1.807, 2.05) is 12.1 Å². The monoisotopic (exact) mass is 270 g/mol. The number of rotatable bonds is 1. The molecule has 92 valence electrons. The molecule has 0 aromatic heterocycles. The van der Waals surface area contributed by atoms with Crippen molar-refractivity contribution in [3.8, 4) is 0 Å². The first-order valence-electron chi connectivity index (χ1n) is 6.19. The van der Waals surface area contributed by atoms with E-state index in [4.69, 9.17) is 23.2 Å². The average molecular weight is 271 g/mol. The van der Waals surface area contributed by atoms with Crippen LogP contribution in [-0.4, -0.2) is 37.1 Å². The number of benzene rings is 1. The summed E-state index contributed by atoms with van der Waals surface area (Å²) in [7, 11) is 0. The summed E-state index contributed by atoms with van der Waals surface area (Å²) >= 11 is 12.4. The molecule has 1 unspecified atom stereocenters. The SMILES string of the molecule is Clc1cccc(N2CCN3CCCC3C2)c1Cl. The summed E-state index contributed by atoms with van der Waals surface area (Å²) in [5.74, 6) is 0. The number of hydrogen-bond acceptors (Lipinski definition) is 2. The Kier molecular flexibility index (Phi) is 3.20. The molecule has 0 aliphatic carbocycles. The highest BCUT2D eigenvalue weighted by molar-refractivity contribution is 6.43. The van der Waals surface area contributed by atoms with E-state index >= 15 is 0 Å². The third kappa shape index (κ3) is 2.14. The highest BCUT2D eigenvalue weighted by Gasteiger charge is 2.31. The number of anilines is 1. The summed E-state index contributed by atoms with van der Waals surface area (Å²) in [4.78, 5) is 4.97. The third-order valence-electron chi connectivity index (χ3n) is 3.86. The van der Waals surface area contributed by atoms with Gasteiger partial charge in [0, 0.05) is 25.7 Å². The molecule has 0 N–H and O–H groups in total. The molecule has 2 heterocycles. The molecule has 17 heavy (non-hydrogen) atoms. The molecular weight excluding hydrogens is 255 g/mol. The van der Waals surface area contributed by atoms with Crippen LogP contribution < -0.4 is 4.90 Å². The summed E-state index contributed by atoms with van der Waals surface area (Å²) in [5.41, 5.74) is 1.09. The zero-order valence-corrected chi connectivity index (χ0v) is 11.2. The van der Waals surface area contributed by atoms with Crippen molar-refractivity contribution < 1.29 is 0 Å². The number of nitrogens with zero attached hydrogens (tertiary/aromatic N) is 2. The van der Waals surface area contributed by atoms with Crippen LogP contribution in [0.25, 0.3) is 0 Å². The first-order valence-corrected chi connectivity index (χ1v) is 6.94. The van der Waals surface area contributed by atoms with Gasteiger partial charge in [-0.2, -0.15) is 0 Å². The molecule has 1 aromatic carbocycles. The fourth-order valence-corrected chi connectivity index (χ4v) is 3.36. The standard InChI is InChI=1S/C13H16Cl2N2/c14-11-4-1-5-12(13(11)15)17-8-7-16-6-2-3-10(16)9-17/h1,4-5,10H,2-3,6-9H2. The van der Waals surface area contributed by atoms with E-state index in [2.05, 4.69) is 15.9 Å². The van der Waals surface area contributed by atoms with E-state index in [0.29, 0.717) is 16.1 Å². The van der Waals surface area contributed by atoms with E-state index in [9.17, 15) is 0 Å². The maximum absolute atomic E-state index is 6.28. The smallest absolute Gasteiger partial charge is 0.0825 e. The lowest BCUT2D eigenvalue weighted by atomic mass is 10.1. The van der Waals surface area contributed by atoms with Crippen LogP contribution in [0.5, 0.6) is 0 Å². The molecule has 2 nitrogen and oxygen atoms in total. The maximum Gasteiger partial charge on any atom is 0.0825 e. The second kappa shape index (κ2) is 4.68. The van der Waals surface area contributed by atoms with Crippen LogP contribution in [0.4, 0.5) is 5.69 Å². The highest BCUT2D eigenvalue weighted by atomic mass is 35.5. The first kappa shape index (κ1) is 11.6. The molecule has 0 radical (unpaired) electrons. The Morgan fingerprint density at radius 2 is 2.00 bits per heavy atom. The van der Waals surface area contributed by atoms with Crippen LogP contribution in [0.3, 0.4) is 0 Å². The van der Waals surface area contributed by atoms with Crippen molar-refractivity contribution in [1.29, 1.82) is 0 Å². The molecule has 2 aliphatic heterocycles. The fourth-order valence-electron chi connectivity index (χ4n) is 2.95. The number of fused-ring (bicyclic) bond motifs is 1. The van der Waals surface area contributed by atoms with E-state index in [1.165, 1.54) is 19.4 Å². The molecule has 2 saturated heterocycles. The van der Waals surface area contributed by atoms with Gasteiger partial charge in [0.05, 0.1) is 15.7 Å². The topological polar surface area (TPSA) is 6.48 Å². The van der Waals surface area contributed by atoms with Gasteiger partial charge in [0.15, 0.2) is 0 Å². The van der Waals surface area contributed by atoms with Gasteiger partial charge in [-0.25, -0.2) is 0 Å². The quantitative estimate of drug-likeness (QED) is 0.773. The van der Waals surface area contributed by atoms with Gasteiger partial charge < -0.3 is 4.90 Å². The molecule has 0 bridgehead atoms. The van der Waals surface area contributed by atoms with Gasteiger partial charge in [0.25, 0.3) is 0 Å². The van der Waals surface area contributed by atoms with Gasteiger partial charge >= 0.3 is 0 Å². The van der Waals surface area contributed by atoms with E-state index < -0.39 is 0 Å². The molecule has 4 heteroatoms. The lowest BCUT2D eigenvalue weighted by Crippen LogP contribution is -2.50. The van der Waals surface area contributed by atoms with Gasteiger partial charge in [0.2, 0.25) is 0 Å². The normalized spacial score (nSPS) is 25.1. The molecule has 1 aromatic rings.